The second-order valence-electron chi connectivity index (χ2n) is 6.05. The second-order valence-corrected chi connectivity index (χ2v) is 7.57. The zero-order valence-corrected chi connectivity index (χ0v) is 14.9. The molecule has 1 aliphatic heterocycles. The van der Waals surface area contributed by atoms with Crippen LogP contribution in [0.4, 0.5) is 5.69 Å². The number of aromatic hydroxyl groups is 1. The van der Waals surface area contributed by atoms with E-state index >= 15 is 0 Å². The molecule has 26 heavy (non-hydrogen) atoms. The van der Waals surface area contributed by atoms with E-state index in [1.807, 2.05) is 4.90 Å². The molecule has 7 nitrogen and oxygen atoms in total. The SMILES string of the molecule is NS(=O)(=O)c1cccc(N2CCOCC2)c1CC(=O)c1ccc(O)cc1. The molecule has 3 rings (SSSR count). The van der Waals surface area contributed by atoms with Crippen molar-refractivity contribution in [1.82, 2.24) is 0 Å². The van der Waals surface area contributed by atoms with Crippen LogP contribution in [0.5, 0.6) is 5.75 Å². The van der Waals surface area contributed by atoms with Crippen LogP contribution in [0, 0.1) is 0 Å². The Morgan fingerprint density at radius 1 is 1.12 bits per heavy atom. The van der Waals surface area contributed by atoms with Crippen LogP contribution in [0.3, 0.4) is 0 Å². The Hall–Kier alpha value is -2.42. The number of anilines is 1. The van der Waals surface area contributed by atoms with E-state index in [-0.39, 0.29) is 22.8 Å². The number of sulfonamides is 1. The average Bonchev–Trinajstić information content (AvgIpc) is 2.62. The van der Waals surface area contributed by atoms with Gasteiger partial charge in [0.25, 0.3) is 0 Å². The minimum Gasteiger partial charge on any atom is -0.508 e. The van der Waals surface area contributed by atoms with E-state index < -0.39 is 10.0 Å². The molecule has 8 heteroatoms. The molecule has 0 bridgehead atoms. The molecule has 0 atom stereocenters. The number of nitrogens with zero attached hydrogens (tertiary/aromatic N) is 1. The number of benzene rings is 2. The quantitative estimate of drug-likeness (QED) is 0.761. The van der Waals surface area contributed by atoms with E-state index in [1.54, 1.807) is 12.1 Å². The minimum atomic E-state index is -3.98. The Morgan fingerprint density at radius 3 is 2.38 bits per heavy atom. The molecule has 1 heterocycles. The highest BCUT2D eigenvalue weighted by molar-refractivity contribution is 7.89. The van der Waals surface area contributed by atoms with Gasteiger partial charge in [0.2, 0.25) is 10.0 Å². The number of carbonyl (C=O) groups is 1. The van der Waals surface area contributed by atoms with Crippen molar-refractivity contribution in [3.05, 3.63) is 53.6 Å². The molecule has 0 saturated carbocycles. The van der Waals surface area contributed by atoms with Crippen LogP contribution < -0.4 is 10.0 Å². The highest BCUT2D eigenvalue weighted by Crippen LogP contribution is 2.29. The van der Waals surface area contributed by atoms with Gasteiger partial charge >= 0.3 is 0 Å². The first kappa shape index (κ1) is 18.4. The first-order chi connectivity index (χ1) is 12.4. The molecule has 2 aromatic carbocycles. The highest BCUT2D eigenvalue weighted by atomic mass is 32.2. The van der Waals surface area contributed by atoms with Crippen LogP contribution in [0.1, 0.15) is 15.9 Å². The molecular formula is C18H20N2O5S. The number of rotatable bonds is 5. The zero-order chi connectivity index (χ0) is 18.7. The smallest absolute Gasteiger partial charge is 0.238 e. The maximum absolute atomic E-state index is 12.7. The largest absolute Gasteiger partial charge is 0.508 e. The number of primary sulfonamides is 1. The number of nitrogens with two attached hydrogens (primary N) is 1. The number of morpholine rings is 1. The lowest BCUT2D eigenvalue weighted by atomic mass is 10.0. The van der Waals surface area contributed by atoms with Crippen LogP contribution in [-0.4, -0.2) is 45.6 Å². The Kier molecular flexibility index (Phi) is 5.26. The van der Waals surface area contributed by atoms with Crippen molar-refractivity contribution in [3.8, 4) is 5.75 Å². The van der Waals surface area contributed by atoms with Crippen molar-refractivity contribution in [2.45, 2.75) is 11.3 Å². The molecule has 0 spiro atoms. The normalized spacial score (nSPS) is 15.0. The summed E-state index contributed by atoms with van der Waals surface area (Å²) in [5.41, 5.74) is 1.45. The lowest BCUT2D eigenvalue weighted by Crippen LogP contribution is -2.37. The minimum absolute atomic E-state index is 0.0476. The average molecular weight is 376 g/mol. The van der Waals surface area contributed by atoms with E-state index in [9.17, 15) is 18.3 Å². The van der Waals surface area contributed by atoms with Crippen molar-refractivity contribution < 1.29 is 23.1 Å². The van der Waals surface area contributed by atoms with E-state index in [2.05, 4.69) is 0 Å². The standard InChI is InChI=1S/C18H20N2O5S/c19-26(23,24)18-3-1-2-16(20-8-10-25-11-9-20)15(18)12-17(22)13-4-6-14(21)7-5-13/h1-7,21H,8-12H2,(H2,19,23,24). The van der Waals surface area contributed by atoms with Gasteiger partial charge in [-0.05, 0) is 36.4 Å². The van der Waals surface area contributed by atoms with Crippen molar-refractivity contribution in [1.29, 1.82) is 0 Å². The molecule has 1 saturated heterocycles. The fourth-order valence-corrected chi connectivity index (χ4v) is 3.80. The number of Topliss-reactive ketones (excluding diaryl/α,β-unsaturated/α-hetero) is 1. The summed E-state index contributed by atoms with van der Waals surface area (Å²) in [5.74, 6) is -0.198. The molecule has 0 amide bonds. The number of phenols is 1. The Bertz CT molecular complexity index is 904. The molecule has 3 N–H and O–H groups in total. The van der Waals surface area contributed by atoms with Gasteiger partial charge in [-0.3, -0.25) is 4.79 Å². The number of ketones is 1. The number of hydrogen-bond donors (Lipinski definition) is 2. The number of carbonyl (C=O) groups excluding carboxylic acids is 1. The molecule has 0 unspecified atom stereocenters. The summed E-state index contributed by atoms with van der Waals surface area (Å²) < 4.78 is 29.4. The van der Waals surface area contributed by atoms with Gasteiger partial charge in [-0.1, -0.05) is 6.07 Å². The third-order valence-corrected chi connectivity index (χ3v) is 5.29. The van der Waals surface area contributed by atoms with E-state index in [0.717, 1.165) is 0 Å². The van der Waals surface area contributed by atoms with E-state index in [1.165, 1.54) is 30.3 Å². The molecular weight excluding hydrogens is 356 g/mol. The third kappa shape index (κ3) is 4.04. The number of phenolic OH excluding ortho intramolecular Hbond substituents is 1. The first-order valence-corrected chi connectivity index (χ1v) is 9.70. The molecule has 0 aliphatic carbocycles. The van der Waals surface area contributed by atoms with Crippen molar-refractivity contribution >= 4 is 21.5 Å². The van der Waals surface area contributed by atoms with Gasteiger partial charge in [0.15, 0.2) is 5.78 Å². The summed E-state index contributed by atoms with van der Waals surface area (Å²) in [4.78, 5) is 14.6. The van der Waals surface area contributed by atoms with Gasteiger partial charge in [0, 0.05) is 36.3 Å². The van der Waals surface area contributed by atoms with Gasteiger partial charge in [-0.2, -0.15) is 0 Å². The lowest BCUT2D eigenvalue weighted by Gasteiger charge is -2.31. The Balaban J connectivity index is 2.02. The molecule has 138 valence electrons. The first-order valence-electron chi connectivity index (χ1n) is 8.16. The van der Waals surface area contributed by atoms with Crippen molar-refractivity contribution in [2.75, 3.05) is 31.2 Å². The molecule has 1 fully saturated rings. The Labute approximate surface area is 152 Å². The molecule has 2 aromatic rings. The van der Waals surface area contributed by atoms with Gasteiger partial charge < -0.3 is 14.7 Å². The lowest BCUT2D eigenvalue weighted by molar-refractivity contribution is 0.0992. The summed E-state index contributed by atoms with van der Waals surface area (Å²) in [6, 6.07) is 10.7. The van der Waals surface area contributed by atoms with Crippen LogP contribution in [-0.2, 0) is 21.2 Å². The van der Waals surface area contributed by atoms with Crippen LogP contribution in [0.2, 0.25) is 0 Å². The Morgan fingerprint density at radius 2 is 1.77 bits per heavy atom. The van der Waals surface area contributed by atoms with Crippen molar-refractivity contribution in [3.63, 3.8) is 0 Å². The number of hydrogen-bond acceptors (Lipinski definition) is 6. The second kappa shape index (κ2) is 7.45. The number of ether oxygens (including phenoxy) is 1. The van der Waals surface area contributed by atoms with E-state index in [4.69, 9.17) is 9.88 Å². The van der Waals surface area contributed by atoms with Gasteiger partial charge in [0.1, 0.15) is 5.75 Å². The summed E-state index contributed by atoms with van der Waals surface area (Å²) in [5, 5.41) is 14.7. The molecule has 0 aromatic heterocycles. The van der Waals surface area contributed by atoms with Gasteiger partial charge in [0.05, 0.1) is 18.1 Å². The summed E-state index contributed by atoms with van der Waals surface area (Å²) in [6.07, 6.45) is -0.107. The predicted molar refractivity (Wildman–Crippen MR) is 97.0 cm³/mol. The summed E-state index contributed by atoms with van der Waals surface area (Å²) in [7, 11) is -3.98. The topological polar surface area (TPSA) is 110 Å². The van der Waals surface area contributed by atoms with Gasteiger partial charge in [-0.15, -0.1) is 0 Å². The third-order valence-electron chi connectivity index (χ3n) is 4.29. The van der Waals surface area contributed by atoms with E-state index in [0.29, 0.717) is 43.1 Å². The monoisotopic (exact) mass is 376 g/mol. The van der Waals surface area contributed by atoms with Crippen LogP contribution in [0.25, 0.3) is 0 Å². The van der Waals surface area contributed by atoms with Crippen LogP contribution in [0.15, 0.2) is 47.4 Å². The maximum atomic E-state index is 12.7. The van der Waals surface area contributed by atoms with Gasteiger partial charge in [-0.25, -0.2) is 13.6 Å². The maximum Gasteiger partial charge on any atom is 0.238 e. The fraction of sp³-hybridized carbons (Fsp3) is 0.278. The summed E-state index contributed by atoms with van der Waals surface area (Å²) in [6.45, 7) is 2.28. The summed E-state index contributed by atoms with van der Waals surface area (Å²) >= 11 is 0. The van der Waals surface area contributed by atoms with Crippen molar-refractivity contribution in [2.24, 2.45) is 5.14 Å². The predicted octanol–water partition coefficient (Wildman–Crippen LogP) is 1.30. The van der Waals surface area contributed by atoms with Crippen LogP contribution >= 0.6 is 0 Å². The highest BCUT2D eigenvalue weighted by Gasteiger charge is 2.23. The molecule has 1 aliphatic rings. The zero-order valence-electron chi connectivity index (χ0n) is 14.1. The fourth-order valence-electron chi connectivity index (χ4n) is 3.01. The molecule has 0 radical (unpaired) electrons.